The summed E-state index contributed by atoms with van der Waals surface area (Å²) in [7, 11) is 0. The molecule has 0 spiro atoms. The molecule has 1 aromatic carbocycles. The van der Waals surface area contributed by atoms with Crippen LogP contribution in [0.15, 0.2) is 48.9 Å². The number of aromatic nitrogens is 3. The second-order valence-electron chi connectivity index (χ2n) is 5.24. The monoisotopic (exact) mass is 264 g/mol. The van der Waals surface area contributed by atoms with Crippen molar-refractivity contribution in [3.05, 3.63) is 54.5 Å². The Kier molecular flexibility index (Phi) is 2.74. The fourth-order valence-electron chi connectivity index (χ4n) is 2.45. The Labute approximate surface area is 117 Å². The van der Waals surface area contributed by atoms with Crippen LogP contribution in [0.25, 0.3) is 16.9 Å². The molecule has 1 fully saturated rings. The maximum atomic E-state index is 4.55. The highest BCUT2D eigenvalue weighted by molar-refractivity contribution is 5.77. The molecular weight excluding hydrogens is 248 g/mol. The molecule has 1 saturated carbocycles. The van der Waals surface area contributed by atoms with Crippen LogP contribution in [-0.4, -0.2) is 20.6 Å². The number of nitrogens with zero attached hydrogens (tertiary/aromatic N) is 3. The van der Waals surface area contributed by atoms with E-state index in [1.807, 2.05) is 36.8 Å². The molecule has 0 amide bonds. The van der Waals surface area contributed by atoms with E-state index in [1.165, 1.54) is 18.4 Å². The van der Waals surface area contributed by atoms with Crippen molar-refractivity contribution in [3.63, 3.8) is 0 Å². The van der Waals surface area contributed by atoms with Crippen LogP contribution in [0, 0.1) is 0 Å². The fraction of sp³-hybridized carbons (Fsp3) is 0.250. The summed E-state index contributed by atoms with van der Waals surface area (Å²) in [6.07, 6.45) is 6.28. The summed E-state index contributed by atoms with van der Waals surface area (Å²) < 4.78 is 2.07. The summed E-state index contributed by atoms with van der Waals surface area (Å²) in [6.45, 7) is 0.861. The van der Waals surface area contributed by atoms with Crippen molar-refractivity contribution < 1.29 is 0 Å². The van der Waals surface area contributed by atoms with Gasteiger partial charge in [0.05, 0.1) is 11.0 Å². The lowest BCUT2D eigenvalue weighted by Gasteiger charge is -2.10. The third kappa shape index (κ3) is 2.08. The smallest absolute Gasteiger partial charge is 0.142 e. The molecule has 1 aliphatic rings. The van der Waals surface area contributed by atoms with Crippen molar-refractivity contribution in [2.45, 2.75) is 25.4 Å². The zero-order valence-corrected chi connectivity index (χ0v) is 11.2. The number of para-hydroxylation sites is 2. The number of pyridine rings is 1. The molecular formula is C16H16N4. The van der Waals surface area contributed by atoms with Gasteiger partial charge in [-0.05, 0) is 31.0 Å². The van der Waals surface area contributed by atoms with Gasteiger partial charge in [-0.1, -0.05) is 18.2 Å². The molecule has 0 aliphatic heterocycles. The number of fused-ring (bicyclic) bond motifs is 1. The largest absolute Gasteiger partial charge is 0.310 e. The molecule has 4 heteroatoms. The molecule has 0 atom stereocenters. The first-order valence-electron chi connectivity index (χ1n) is 7.01. The minimum Gasteiger partial charge on any atom is -0.310 e. The second-order valence-corrected chi connectivity index (χ2v) is 5.24. The van der Waals surface area contributed by atoms with Gasteiger partial charge in [0.2, 0.25) is 0 Å². The van der Waals surface area contributed by atoms with Crippen molar-refractivity contribution in [2.75, 3.05) is 0 Å². The molecule has 4 nitrogen and oxygen atoms in total. The summed E-state index contributed by atoms with van der Waals surface area (Å²) in [5.74, 6) is 0.967. The van der Waals surface area contributed by atoms with Gasteiger partial charge in [-0.25, -0.2) is 9.97 Å². The van der Waals surface area contributed by atoms with Crippen LogP contribution in [-0.2, 0) is 6.54 Å². The Morgan fingerprint density at radius 2 is 2.00 bits per heavy atom. The molecule has 2 heterocycles. The Balaban J connectivity index is 1.76. The van der Waals surface area contributed by atoms with Gasteiger partial charge in [0.15, 0.2) is 0 Å². The van der Waals surface area contributed by atoms with Gasteiger partial charge in [0.1, 0.15) is 12.1 Å². The minimum absolute atomic E-state index is 0.697. The van der Waals surface area contributed by atoms with E-state index in [-0.39, 0.29) is 0 Å². The topological polar surface area (TPSA) is 42.7 Å². The number of rotatable bonds is 4. The quantitative estimate of drug-likeness (QED) is 0.788. The Hall–Kier alpha value is -2.20. The van der Waals surface area contributed by atoms with Crippen LogP contribution >= 0.6 is 0 Å². The normalized spacial score (nSPS) is 14.8. The van der Waals surface area contributed by atoms with Gasteiger partial charge in [-0.2, -0.15) is 0 Å². The van der Waals surface area contributed by atoms with Gasteiger partial charge in [-0.3, -0.25) is 4.57 Å². The molecule has 0 radical (unpaired) electrons. The lowest BCUT2D eigenvalue weighted by atomic mass is 10.2. The highest BCUT2D eigenvalue weighted by Gasteiger charge is 2.20. The predicted molar refractivity (Wildman–Crippen MR) is 78.7 cm³/mol. The summed E-state index contributed by atoms with van der Waals surface area (Å²) in [6, 6.07) is 13.0. The van der Waals surface area contributed by atoms with E-state index in [0.717, 1.165) is 23.4 Å². The van der Waals surface area contributed by atoms with Crippen LogP contribution in [0.4, 0.5) is 0 Å². The number of nitrogens with one attached hydrogen (secondary N) is 1. The summed E-state index contributed by atoms with van der Waals surface area (Å²) in [5.41, 5.74) is 3.31. The van der Waals surface area contributed by atoms with Crippen molar-refractivity contribution in [1.82, 2.24) is 19.9 Å². The Morgan fingerprint density at radius 1 is 1.10 bits per heavy atom. The first-order valence-corrected chi connectivity index (χ1v) is 7.01. The molecule has 3 aromatic rings. The highest BCUT2D eigenvalue weighted by Crippen LogP contribution is 2.22. The zero-order valence-electron chi connectivity index (χ0n) is 11.2. The molecule has 20 heavy (non-hydrogen) atoms. The number of hydrogen-bond acceptors (Lipinski definition) is 3. The number of hydrogen-bond donors (Lipinski definition) is 1. The van der Waals surface area contributed by atoms with Gasteiger partial charge >= 0.3 is 0 Å². The summed E-state index contributed by atoms with van der Waals surface area (Å²) >= 11 is 0. The summed E-state index contributed by atoms with van der Waals surface area (Å²) in [5, 5.41) is 3.55. The first-order chi connectivity index (χ1) is 9.92. The van der Waals surface area contributed by atoms with Crippen LogP contribution < -0.4 is 5.32 Å². The van der Waals surface area contributed by atoms with E-state index in [1.54, 1.807) is 0 Å². The maximum absolute atomic E-state index is 4.55. The van der Waals surface area contributed by atoms with Crippen LogP contribution in [0.2, 0.25) is 0 Å². The van der Waals surface area contributed by atoms with E-state index in [2.05, 4.69) is 32.0 Å². The van der Waals surface area contributed by atoms with Gasteiger partial charge < -0.3 is 5.32 Å². The highest BCUT2D eigenvalue weighted by atomic mass is 15.1. The van der Waals surface area contributed by atoms with Crippen molar-refractivity contribution in [3.8, 4) is 5.82 Å². The van der Waals surface area contributed by atoms with E-state index in [0.29, 0.717) is 6.04 Å². The van der Waals surface area contributed by atoms with Gasteiger partial charge in [0, 0.05) is 24.3 Å². The lowest BCUT2D eigenvalue weighted by molar-refractivity contribution is 0.682. The van der Waals surface area contributed by atoms with Crippen LogP contribution in [0.3, 0.4) is 0 Å². The third-order valence-electron chi connectivity index (χ3n) is 3.71. The second kappa shape index (κ2) is 4.72. The van der Waals surface area contributed by atoms with Crippen LogP contribution in [0.1, 0.15) is 18.4 Å². The standard InChI is InChI=1S/C16H16N4/c1-2-6-15-14(5-1)19-11-20(15)16-12(4-3-9-17-16)10-18-13-7-8-13/h1-6,9,11,13,18H,7-8,10H2. The first kappa shape index (κ1) is 11.6. The zero-order chi connectivity index (χ0) is 13.4. The molecule has 1 aliphatic carbocycles. The third-order valence-corrected chi connectivity index (χ3v) is 3.71. The molecule has 4 rings (SSSR count). The number of benzene rings is 1. The molecule has 1 N–H and O–H groups in total. The maximum Gasteiger partial charge on any atom is 0.142 e. The molecule has 0 bridgehead atoms. The Morgan fingerprint density at radius 3 is 2.90 bits per heavy atom. The lowest BCUT2D eigenvalue weighted by Crippen LogP contribution is -2.17. The van der Waals surface area contributed by atoms with Gasteiger partial charge in [-0.15, -0.1) is 0 Å². The van der Waals surface area contributed by atoms with E-state index in [4.69, 9.17) is 0 Å². The Bertz CT molecular complexity index is 743. The average molecular weight is 264 g/mol. The van der Waals surface area contributed by atoms with E-state index < -0.39 is 0 Å². The van der Waals surface area contributed by atoms with Crippen molar-refractivity contribution in [1.29, 1.82) is 0 Å². The number of imidazole rings is 1. The summed E-state index contributed by atoms with van der Waals surface area (Å²) in [4.78, 5) is 9.00. The average Bonchev–Trinajstić information content (AvgIpc) is 3.23. The van der Waals surface area contributed by atoms with E-state index in [9.17, 15) is 0 Å². The molecule has 0 unspecified atom stereocenters. The molecule has 100 valence electrons. The minimum atomic E-state index is 0.697. The molecule has 0 saturated heterocycles. The molecule has 2 aromatic heterocycles. The predicted octanol–water partition coefficient (Wildman–Crippen LogP) is 2.67. The van der Waals surface area contributed by atoms with E-state index >= 15 is 0 Å². The van der Waals surface area contributed by atoms with Crippen LogP contribution in [0.5, 0.6) is 0 Å². The SMILES string of the molecule is c1cnc(-n2cnc3ccccc32)c(CNC2CC2)c1. The van der Waals surface area contributed by atoms with Crippen molar-refractivity contribution in [2.24, 2.45) is 0 Å². The fourth-order valence-corrected chi connectivity index (χ4v) is 2.45. The van der Waals surface area contributed by atoms with Crippen molar-refractivity contribution >= 4 is 11.0 Å². The van der Waals surface area contributed by atoms with Gasteiger partial charge in [0.25, 0.3) is 0 Å².